The summed E-state index contributed by atoms with van der Waals surface area (Å²) < 4.78 is 30.4. The Hall–Kier alpha value is -1.66. The highest BCUT2D eigenvalue weighted by Crippen LogP contribution is 2.37. The quantitative estimate of drug-likeness (QED) is 0.771. The number of fused-ring (bicyclic) bond motifs is 1. The number of aromatic nitrogens is 2. The van der Waals surface area contributed by atoms with Crippen LogP contribution in [0.5, 0.6) is 0 Å². The van der Waals surface area contributed by atoms with Crippen molar-refractivity contribution in [2.24, 2.45) is 5.92 Å². The number of hydrogen-bond acceptors (Lipinski definition) is 3. The number of rotatable bonds is 5. The topological polar surface area (TPSA) is 55.2 Å². The zero-order valence-corrected chi connectivity index (χ0v) is 17.4. The van der Waals surface area contributed by atoms with E-state index in [1.807, 2.05) is 24.4 Å². The molecule has 2 aromatic rings. The Balaban J connectivity index is 1.31. The van der Waals surface area contributed by atoms with Crippen LogP contribution in [0.2, 0.25) is 0 Å². The van der Waals surface area contributed by atoms with Crippen LogP contribution in [0, 0.1) is 12.8 Å². The van der Waals surface area contributed by atoms with Gasteiger partial charge in [-0.1, -0.05) is 12.5 Å². The largest absolute Gasteiger partial charge is 0.332 e. The molecule has 0 N–H and O–H groups in total. The molecule has 0 bridgehead atoms. The molecular weight excluding hydrogens is 370 g/mol. The molecule has 0 amide bonds. The summed E-state index contributed by atoms with van der Waals surface area (Å²) in [5.41, 5.74) is 3.73. The summed E-state index contributed by atoms with van der Waals surface area (Å²) in [5, 5.41) is 0. The number of sulfonamides is 1. The van der Waals surface area contributed by atoms with Crippen LogP contribution in [0.3, 0.4) is 0 Å². The molecule has 2 aliphatic carbocycles. The average Bonchev–Trinajstić information content (AvgIpc) is 3.36. The van der Waals surface area contributed by atoms with E-state index < -0.39 is 10.0 Å². The smallest absolute Gasteiger partial charge is 0.243 e. The van der Waals surface area contributed by atoms with E-state index in [0.29, 0.717) is 29.8 Å². The second kappa shape index (κ2) is 6.99. The van der Waals surface area contributed by atoms with Crippen LogP contribution >= 0.6 is 0 Å². The number of nitrogens with zero attached hydrogens (tertiary/aromatic N) is 3. The number of imidazole rings is 1. The van der Waals surface area contributed by atoms with Crippen molar-refractivity contribution in [2.75, 3.05) is 13.1 Å². The van der Waals surface area contributed by atoms with Crippen molar-refractivity contribution in [2.45, 2.75) is 69.2 Å². The van der Waals surface area contributed by atoms with Crippen molar-refractivity contribution < 1.29 is 8.42 Å². The number of hydrogen-bond donors (Lipinski definition) is 0. The van der Waals surface area contributed by atoms with E-state index in [2.05, 4.69) is 16.5 Å². The van der Waals surface area contributed by atoms with E-state index in [0.717, 1.165) is 32.2 Å². The van der Waals surface area contributed by atoms with E-state index in [1.54, 1.807) is 4.31 Å². The highest BCUT2D eigenvalue weighted by Gasteiger charge is 2.34. The monoisotopic (exact) mass is 399 g/mol. The summed E-state index contributed by atoms with van der Waals surface area (Å²) in [4.78, 5) is 5.13. The normalized spacial score (nSPS) is 23.1. The molecule has 1 aromatic heterocycles. The fraction of sp³-hybridized carbons (Fsp3) is 0.591. The van der Waals surface area contributed by atoms with Crippen LogP contribution in [0.15, 0.2) is 29.3 Å². The third-order valence-corrected chi connectivity index (χ3v) is 8.81. The molecule has 2 fully saturated rings. The van der Waals surface area contributed by atoms with Gasteiger partial charge in [-0.25, -0.2) is 13.4 Å². The van der Waals surface area contributed by atoms with Crippen LogP contribution in [-0.4, -0.2) is 35.4 Å². The lowest BCUT2D eigenvalue weighted by molar-refractivity contribution is 0.364. The van der Waals surface area contributed by atoms with Gasteiger partial charge in [0.15, 0.2) is 0 Å². The Bertz CT molecular complexity index is 991. The molecule has 1 saturated heterocycles. The van der Waals surface area contributed by atoms with Gasteiger partial charge in [0, 0.05) is 37.4 Å². The SMILES string of the molecule is Cc1cnc(C2CCC2)n1CC1CCN(S(=O)(=O)c2ccc3c(c2)CCC3)C1. The first kappa shape index (κ1) is 18.4. The van der Waals surface area contributed by atoms with E-state index in [1.165, 1.54) is 41.9 Å². The van der Waals surface area contributed by atoms with Gasteiger partial charge in [-0.15, -0.1) is 0 Å². The summed E-state index contributed by atoms with van der Waals surface area (Å²) in [5.74, 6) is 2.17. The predicted octanol–water partition coefficient (Wildman–Crippen LogP) is 3.66. The van der Waals surface area contributed by atoms with E-state index in [9.17, 15) is 8.42 Å². The predicted molar refractivity (Wildman–Crippen MR) is 109 cm³/mol. The lowest BCUT2D eigenvalue weighted by atomic mass is 9.84. The third kappa shape index (κ3) is 3.11. The molecule has 0 radical (unpaired) electrons. The Morgan fingerprint density at radius 1 is 1.11 bits per heavy atom. The minimum Gasteiger partial charge on any atom is -0.332 e. The molecule has 0 spiro atoms. The first-order chi connectivity index (χ1) is 13.5. The molecule has 2 heterocycles. The molecule has 5 nitrogen and oxygen atoms in total. The van der Waals surface area contributed by atoms with Crippen LogP contribution in [0.1, 0.15) is 60.7 Å². The summed E-state index contributed by atoms with van der Waals surface area (Å²) in [6, 6.07) is 5.74. The zero-order valence-electron chi connectivity index (χ0n) is 16.6. The third-order valence-electron chi connectivity index (χ3n) is 6.95. The highest BCUT2D eigenvalue weighted by atomic mass is 32.2. The standard InChI is InChI=1S/C22H29N3O2S/c1-16-13-23-22(19-5-3-6-19)25(16)15-17-10-11-24(14-17)28(26,27)21-9-8-18-4-2-7-20(18)12-21/h8-9,12-13,17,19H,2-7,10-11,14-15H2,1H3. The van der Waals surface area contributed by atoms with Crippen molar-refractivity contribution in [1.82, 2.24) is 13.9 Å². The van der Waals surface area contributed by atoms with Crippen molar-refractivity contribution >= 4 is 10.0 Å². The number of benzene rings is 1. The van der Waals surface area contributed by atoms with Gasteiger partial charge < -0.3 is 4.57 Å². The molecule has 1 aromatic carbocycles. The molecular formula is C22H29N3O2S. The van der Waals surface area contributed by atoms with Gasteiger partial charge in [-0.2, -0.15) is 4.31 Å². The first-order valence-corrected chi connectivity index (χ1v) is 12.1. The Kier molecular flexibility index (Phi) is 4.59. The summed E-state index contributed by atoms with van der Waals surface area (Å²) in [7, 11) is -3.39. The molecule has 1 saturated carbocycles. The minimum atomic E-state index is -3.39. The maximum Gasteiger partial charge on any atom is 0.243 e. The van der Waals surface area contributed by atoms with Gasteiger partial charge in [0.05, 0.1) is 4.90 Å². The molecule has 1 aliphatic heterocycles. The van der Waals surface area contributed by atoms with Crippen molar-refractivity contribution in [3.8, 4) is 0 Å². The fourth-order valence-electron chi connectivity index (χ4n) is 4.99. The lowest BCUT2D eigenvalue weighted by Gasteiger charge is -2.27. The second-order valence-electron chi connectivity index (χ2n) is 8.80. The van der Waals surface area contributed by atoms with Crippen LogP contribution in [0.4, 0.5) is 0 Å². The molecule has 1 atom stereocenters. The average molecular weight is 400 g/mol. The maximum atomic E-state index is 13.2. The molecule has 5 rings (SSSR count). The van der Waals surface area contributed by atoms with Gasteiger partial charge in [-0.05, 0) is 74.6 Å². The fourth-order valence-corrected chi connectivity index (χ4v) is 6.57. The van der Waals surface area contributed by atoms with Crippen LogP contribution in [0.25, 0.3) is 0 Å². The first-order valence-electron chi connectivity index (χ1n) is 10.7. The van der Waals surface area contributed by atoms with Gasteiger partial charge in [0.25, 0.3) is 0 Å². The maximum absolute atomic E-state index is 13.2. The Morgan fingerprint density at radius 2 is 1.93 bits per heavy atom. The molecule has 3 aliphatic rings. The van der Waals surface area contributed by atoms with E-state index in [4.69, 9.17) is 0 Å². The second-order valence-corrected chi connectivity index (χ2v) is 10.7. The van der Waals surface area contributed by atoms with Crippen molar-refractivity contribution in [3.05, 3.63) is 47.0 Å². The summed E-state index contributed by atoms with van der Waals surface area (Å²) >= 11 is 0. The molecule has 1 unspecified atom stereocenters. The van der Waals surface area contributed by atoms with E-state index >= 15 is 0 Å². The molecule has 150 valence electrons. The summed E-state index contributed by atoms with van der Waals surface area (Å²) in [6.07, 6.45) is 9.89. The zero-order chi connectivity index (χ0) is 19.3. The highest BCUT2D eigenvalue weighted by molar-refractivity contribution is 7.89. The van der Waals surface area contributed by atoms with E-state index in [-0.39, 0.29) is 0 Å². The van der Waals surface area contributed by atoms with Gasteiger partial charge >= 0.3 is 0 Å². The van der Waals surface area contributed by atoms with Crippen LogP contribution < -0.4 is 0 Å². The summed E-state index contributed by atoms with van der Waals surface area (Å²) in [6.45, 7) is 4.23. The van der Waals surface area contributed by atoms with Crippen molar-refractivity contribution in [3.63, 3.8) is 0 Å². The van der Waals surface area contributed by atoms with Gasteiger partial charge in [-0.3, -0.25) is 0 Å². The molecule has 28 heavy (non-hydrogen) atoms. The lowest BCUT2D eigenvalue weighted by Crippen LogP contribution is -2.30. The molecule has 6 heteroatoms. The van der Waals surface area contributed by atoms with Crippen LogP contribution in [-0.2, 0) is 29.4 Å². The van der Waals surface area contributed by atoms with Gasteiger partial charge in [0.1, 0.15) is 5.82 Å². The Morgan fingerprint density at radius 3 is 2.71 bits per heavy atom. The number of aryl methyl sites for hydroxylation is 3. The van der Waals surface area contributed by atoms with Gasteiger partial charge in [0.2, 0.25) is 10.0 Å². The van der Waals surface area contributed by atoms with Crippen molar-refractivity contribution in [1.29, 1.82) is 0 Å². The minimum absolute atomic E-state index is 0.357. The Labute approximate surface area is 167 Å².